The highest BCUT2D eigenvalue weighted by Gasteiger charge is 2.24. The number of anilines is 1. The van der Waals surface area contributed by atoms with Crippen molar-refractivity contribution in [3.05, 3.63) is 24.3 Å². The topological polar surface area (TPSA) is 74.7 Å². The molecule has 20 heavy (non-hydrogen) atoms. The number of piperazine rings is 1. The molecule has 3 heterocycles. The van der Waals surface area contributed by atoms with Crippen LogP contribution in [0.15, 0.2) is 18.5 Å². The second-order valence-corrected chi connectivity index (χ2v) is 5.56. The van der Waals surface area contributed by atoms with Crippen LogP contribution in [-0.4, -0.2) is 50.1 Å². The lowest BCUT2D eigenvalue weighted by atomic mass is 10.1. The quantitative estimate of drug-likeness (QED) is 0.866. The fourth-order valence-electron chi connectivity index (χ4n) is 2.72. The van der Waals surface area contributed by atoms with Crippen LogP contribution in [0.25, 0.3) is 0 Å². The number of rotatable bonds is 3. The van der Waals surface area contributed by atoms with Crippen LogP contribution in [-0.2, 0) is 0 Å². The first kappa shape index (κ1) is 13.1. The summed E-state index contributed by atoms with van der Waals surface area (Å²) in [4.78, 5) is 6.85. The van der Waals surface area contributed by atoms with Gasteiger partial charge in [0.15, 0.2) is 5.82 Å². The van der Waals surface area contributed by atoms with Crippen LogP contribution in [0.2, 0.25) is 0 Å². The van der Waals surface area contributed by atoms with E-state index in [0.29, 0.717) is 12.1 Å². The highest BCUT2D eigenvalue weighted by molar-refractivity contribution is 5.31. The van der Waals surface area contributed by atoms with Gasteiger partial charge in [0.25, 0.3) is 0 Å². The van der Waals surface area contributed by atoms with E-state index in [1.54, 1.807) is 6.20 Å². The van der Waals surface area contributed by atoms with Gasteiger partial charge in [-0.05, 0) is 26.8 Å². The fraction of sp³-hybridized carbons (Fsp3) is 0.615. The third kappa shape index (κ3) is 2.53. The molecular formula is C13H21N7. The predicted molar refractivity (Wildman–Crippen MR) is 76.7 cm³/mol. The zero-order chi connectivity index (χ0) is 14.1. The largest absolute Gasteiger partial charge is 0.336 e. The first-order chi connectivity index (χ1) is 9.63. The van der Waals surface area contributed by atoms with Gasteiger partial charge in [-0.1, -0.05) is 0 Å². The summed E-state index contributed by atoms with van der Waals surface area (Å²) in [5.74, 6) is 1.61. The van der Waals surface area contributed by atoms with Crippen LogP contribution in [0.5, 0.6) is 0 Å². The van der Waals surface area contributed by atoms with Crippen LogP contribution < -0.4 is 10.2 Å². The maximum absolute atomic E-state index is 4.63. The molecule has 3 rings (SSSR count). The minimum Gasteiger partial charge on any atom is -0.336 e. The van der Waals surface area contributed by atoms with Gasteiger partial charge in [0.05, 0.1) is 0 Å². The van der Waals surface area contributed by atoms with Gasteiger partial charge in [-0.15, -0.1) is 5.10 Å². The summed E-state index contributed by atoms with van der Waals surface area (Å²) in [5.41, 5.74) is 0. The third-order valence-corrected chi connectivity index (χ3v) is 3.65. The molecule has 0 amide bonds. The minimum atomic E-state index is 0.0593. The number of aromatic amines is 1. The second kappa shape index (κ2) is 5.24. The van der Waals surface area contributed by atoms with Crippen molar-refractivity contribution in [2.45, 2.75) is 38.9 Å². The number of hydrogen-bond acceptors (Lipinski definition) is 5. The molecule has 1 saturated heterocycles. The Hall–Kier alpha value is -1.89. The average Bonchev–Trinajstić information content (AvgIpc) is 3.09. The predicted octanol–water partition coefficient (Wildman–Crippen LogP) is 0.797. The maximum atomic E-state index is 4.63. The molecule has 0 spiro atoms. The van der Waals surface area contributed by atoms with Crippen molar-refractivity contribution in [3.63, 3.8) is 0 Å². The molecule has 1 fully saturated rings. The number of nitrogens with one attached hydrogen (secondary N) is 2. The van der Waals surface area contributed by atoms with E-state index in [1.807, 2.05) is 16.9 Å². The van der Waals surface area contributed by atoms with E-state index < -0.39 is 0 Å². The lowest BCUT2D eigenvalue weighted by molar-refractivity contribution is 0.403. The summed E-state index contributed by atoms with van der Waals surface area (Å²) in [7, 11) is 0. The SMILES string of the molecule is CC1CN(c2n[nH]c(C(C)n3cccn3)n2)CC(C)N1. The lowest BCUT2D eigenvalue weighted by Crippen LogP contribution is -2.54. The van der Waals surface area contributed by atoms with E-state index in [-0.39, 0.29) is 6.04 Å². The Kier molecular flexibility index (Phi) is 3.43. The van der Waals surface area contributed by atoms with Crippen molar-refractivity contribution in [1.82, 2.24) is 30.3 Å². The molecule has 1 aliphatic heterocycles. The standard InChI is InChI=1S/C13H21N7/c1-9-7-19(8-10(2)15-9)13-16-12(17-18-13)11(3)20-6-4-5-14-20/h4-6,9-11,15H,7-8H2,1-3H3,(H,16,17,18). The van der Waals surface area contributed by atoms with Crippen molar-refractivity contribution in [2.24, 2.45) is 0 Å². The number of hydrogen-bond donors (Lipinski definition) is 2. The molecule has 3 atom stereocenters. The first-order valence-corrected chi connectivity index (χ1v) is 7.06. The molecule has 0 radical (unpaired) electrons. The van der Waals surface area contributed by atoms with Gasteiger partial charge in [0.1, 0.15) is 6.04 Å². The maximum Gasteiger partial charge on any atom is 0.244 e. The molecule has 1 aliphatic rings. The van der Waals surface area contributed by atoms with Crippen molar-refractivity contribution in [1.29, 1.82) is 0 Å². The molecule has 2 aromatic heterocycles. The van der Waals surface area contributed by atoms with Crippen LogP contribution >= 0.6 is 0 Å². The molecule has 0 aromatic carbocycles. The lowest BCUT2D eigenvalue weighted by Gasteiger charge is -2.35. The van der Waals surface area contributed by atoms with E-state index in [4.69, 9.17) is 0 Å². The van der Waals surface area contributed by atoms with Gasteiger partial charge < -0.3 is 10.2 Å². The van der Waals surface area contributed by atoms with E-state index >= 15 is 0 Å². The Morgan fingerprint density at radius 2 is 2.05 bits per heavy atom. The summed E-state index contributed by atoms with van der Waals surface area (Å²) < 4.78 is 1.87. The number of H-pyrrole nitrogens is 1. The smallest absolute Gasteiger partial charge is 0.244 e. The van der Waals surface area contributed by atoms with Gasteiger partial charge in [0.2, 0.25) is 5.95 Å². The Balaban J connectivity index is 1.76. The van der Waals surface area contributed by atoms with Crippen molar-refractivity contribution >= 4 is 5.95 Å². The molecular weight excluding hydrogens is 254 g/mol. The Labute approximate surface area is 118 Å². The number of aromatic nitrogens is 5. The van der Waals surface area contributed by atoms with E-state index in [9.17, 15) is 0 Å². The third-order valence-electron chi connectivity index (χ3n) is 3.65. The fourth-order valence-corrected chi connectivity index (χ4v) is 2.72. The van der Waals surface area contributed by atoms with Crippen LogP contribution in [0.4, 0.5) is 5.95 Å². The Bertz CT molecular complexity index is 537. The van der Waals surface area contributed by atoms with Crippen LogP contribution in [0.1, 0.15) is 32.6 Å². The van der Waals surface area contributed by atoms with E-state index in [2.05, 4.69) is 51.3 Å². The minimum absolute atomic E-state index is 0.0593. The van der Waals surface area contributed by atoms with Gasteiger partial charge in [0, 0.05) is 37.6 Å². The normalized spacial score (nSPS) is 24.9. The van der Waals surface area contributed by atoms with Gasteiger partial charge in [-0.25, -0.2) is 0 Å². The molecule has 0 aliphatic carbocycles. The summed E-state index contributed by atoms with van der Waals surface area (Å²) in [6.45, 7) is 8.28. The Morgan fingerprint density at radius 3 is 2.70 bits per heavy atom. The average molecular weight is 275 g/mol. The highest BCUT2D eigenvalue weighted by atomic mass is 15.4. The molecule has 108 valence electrons. The van der Waals surface area contributed by atoms with Crippen molar-refractivity contribution in [2.75, 3.05) is 18.0 Å². The zero-order valence-corrected chi connectivity index (χ0v) is 12.1. The summed E-state index contributed by atoms with van der Waals surface area (Å²) in [6, 6.07) is 2.87. The molecule has 0 saturated carbocycles. The van der Waals surface area contributed by atoms with Gasteiger partial charge >= 0.3 is 0 Å². The number of nitrogens with zero attached hydrogens (tertiary/aromatic N) is 5. The first-order valence-electron chi connectivity index (χ1n) is 7.06. The second-order valence-electron chi connectivity index (χ2n) is 5.56. The molecule has 7 nitrogen and oxygen atoms in total. The van der Waals surface area contributed by atoms with Gasteiger partial charge in [-0.2, -0.15) is 10.1 Å². The summed E-state index contributed by atoms with van der Waals surface area (Å²) >= 11 is 0. The molecule has 7 heteroatoms. The highest BCUT2D eigenvalue weighted by Crippen LogP contribution is 2.17. The molecule has 2 N–H and O–H groups in total. The molecule has 2 aromatic rings. The van der Waals surface area contributed by atoms with Crippen LogP contribution in [0, 0.1) is 0 Å². The zero-order valence-electron chi connectivity index (χ0n) is 12.1. The van der Waals surface area contributed by atoms with Crippen molar-refractivity contribution < 1.29 is 0 Å². The van der Waals surface area contributed by atoms with Crippen LogP contribution in [0.3, 0.4) is 0 Å². The van der Waals surface area contributed by atoms with E-state index in [1.165, 1.54) is 0 Å². The molecule has 3 unspecified atom stereocenters. The van der Waals surface area contributed by atoms with E-state index in [0.717, 1.165) is 24.9 Å². The summed E-state index contributed by atoms with van der Waals surface area (Å²) in [6.07, 6.45) is 3.70. The Morgan fingerprint density at radius 1 is 1.30 bits per heavy atom. The monoisotopic (exact) mass is 275 g/mol. The summed E-state index contributed by atoms with van der Waals surface area (Å²) in [5, 5.41) is 15.2. The van der Waals surface area contributed by atoms with Gasteiger partial charge in [-0.3, -0.25) is 9.78 Å². The molecule has 0 bridgehead atoms. The van der Waals surface area contributed by atoms with Crippen molar-refractivity contribution in [3.8, 4) is 0 Å².